The Balaban J connectivity index is 2.15. The van der Waals surface area contributed by atoms with Crippen molar-refractivity contribution in [3.8, 4) is 0 Å². The lowest BCUT2D eigenvalue weighted by Crippen LogP contribution is -2.45. The fraction of sp³-hybridized carbons (Fsp3) is 0.571. The number of rotatable bonds is 2. The summed E-state index contributed by atoms with van der Waals surface area (Å²) in [7, 11) is 0. The van der Waals surface area contributed by atoms with Gasteiger partial charge < -0.3 is 4.74 Å². The molecular formula is C14H18F3NO. The first-order valence-corrected chi connectivity index (χ1v) is 6.39. The van der Waals surface area contributed by atoms with Gasteiger partial charge in [-0.1, -0.05) is 18.2 Å². The van der Waals surface area contributed by atoms with E-state index in [1.165, 1.54) is 6.07 Å². The van der Waals surface area contributed by atoms with Crippen LogP contribution in [0.25, 0.3) is 0 Å². The zero-order chi connectivity index (χ0) is 14.0. The number of halogens is 3. The lowest BCUT2D eigenvalue weighted by molar-refractivity contribution is -0.138. The number of hydrogen-bond acceptors (Lipinski definition) is 2. The van der Waals surface area contributed by atoms with Gasteiger partial charge in [-0.2, -0.15) is 13.2 Å². The summed E-state index contributed by atoms with van der Waals surface area (Å²) in [5.74, 6) is 0. The first-order chi connectivity index (χ1) is 8.86. The third-order valence-electron chi connectivity index (χ3n) is 3.21. The summed E-state index contributed by atoms with van der Waals surface area (Å²) in [5.41, 5.74) is -0.210. The molecule has 0 aromatic heterocycles. The molecule has 1 aliphatic rings. The number of hydrogen-bond donors (Lipinski definition) is 0. The molecule has 0 bridgehead atoms. The molecule has 1 heterocycles. The number of morpholine rings is 1. The van der Waals surface area contributed by atoms with E-state index < -0.39 is 11.7 Å². The highest BCUT2D eigenvalue weighted by Gasteiger charge is 2.33. The minimum Gasteiger partial charge on any atom is -0.373 e. The van der Waals surface area contributed by atoms with Crippen molar-refractivity contribution in [1.82, 2.24) is 4.90 Å². The maximum absolute atomic E-state index is 12.9. The summed E-state index contributed by atoms with van der Waals surface area (Å²) in [6.45, 7) is 5.53. The molecule has 19 heavy (non-hydrogen) atoms. The second-order valence-electron chi connectivity index (χ2n) is 5.11. The Morgan fingerprint density at radius 3 is 2.32 bits per heavy atom. The van der Waals surface area contributed by atoms with Crippen LogP contribution in [0.4, 0.5) is 13.2 Å². The summed E-state index contributed by atoms with van der Waals surface area (Å²) >= 11 is 0. The van der Waals surface area contributed by atoms with Gasteiger partial charge in [0, 0.05) is 19.6 Å². The van der Waals surface area contributed by atoms with Crippen LogP contribution >= 0.6 is 0 Å². The van der Waals surface area contributed by atoms with Gasteiger partial charge in [0.05, 0.1) is 17.8 Å². The van der Waals surface area contributed by atoms with Crippen molar-refractivity contribution in [3.05, 3.63) is 35.4 Å². The predicted molar refractivity (Wildman–Crippen MR) is 66.7 cm³/mol. The topological polar surface area (TPSA) is 12.5 Å². The van der Waals surface area contributed by atoms with E-state index in [0.29, 0.717) is 25.2 Å². The molecule has 1 aromatic rings. The lowest BCUT2D eigenvalue weighted by Gasteiger charge is -2.35. The van der Waals surface area contributed by atoms with E-state index >= 15 is 0 Å². The van der Waals surface area contributed by atoms with Crippen LogP contribution in [-0.2, 0) is 17.5 Å². The van der Waals surface area contributed by atoms with Crippen LogP contribution < -0.4 is 0 Å². The minimum absolute atomic E-state index is 0.0572. The quantitative estimate of drug-likeness (QED) is 0.819. The van der Waals surface area contributed by atoms with Gasteiger partial charge in [0.25, 0.3) is 0 Å². The van der Waals surface area contributed by atoms with Crippen molar-refractivity contribution in [3.63, 3.8) is 0 Å². The van der Waals surface area contributed by atoms with E-state index in [9.17, 15) is 13.2 Å². The Bertz CT molecular complexity index is 423. The summed E-state index contributed by atoms with van der Waals surface area (Å²) in [6, 6.07) is 5.77. The van der Waals surface area contributed by atoms with E-state index in [-0.39, 0.29) is 12.2 Å². The SMILES string of the molecule is C[C@@H]1CN(Cc2ccccc2C(F)(F)F)C[C@@H](C)O1. The zero-order valence-corrected chi connectivity index (χ0v) is 11.1. The summed E-state index contributed by atoms with van der Waals surface area (Å²) in [4.78, 5) is 2.02. The molecule has 2 nitrogen and oxygen atoms in total. The monoisotopic (exact) mass is 273 g/mol. The van der Waals surface area contributed by atoms with Crippen LogP contribution in [0.15, 0.2) is 24.3 Å². The zero-order valence-electron chi connectivity index (χ0n) is 11.1. The standard InChI is InChI=1S/C14H18F3NO/c1-10-7-18(8-11(2)19-10)9-12-5-3-4-6-13(12)14(15,16)17/h3-6,10-11H,7-9H2,1-2H3/t10-,11-/m1/s1. The minimum atomic E-state index is -4.29. The number of benzene rings is 1. The van der Waals surface area contributed by atoms with Crippen molar-refractivity contribution in [2.24, 2.45) is 0 Å². The molecule has 1 saturated heterocycles. The smallest absolute Gasteiger partial charge is 0.373 e. The van der Waals surface area contributed by atoms with Crippen molar-refractivity contribution >= 4 is 0 Å². The fourth-order valence-electron chi connectivity index (χ4n) is 2.59. The molecule has 0 unspecified atom stereocenters. The van der Waals surface area contributed by atoms with Gasteiger partial charge in [-0.3, -0.25) is 4.90 Å². The van der Waals surface area contributed by atoms with E-state index in [0.717, 1.165) is 6.07 Å². The van der Waals surface area contributed by atoms with E-state index in [2.05, 4.69) is 0 Å². The van der Waals surface area contributed by atoms with Crippen LogP contribution in [0.1, 0.15) is 25.0 Å². The van der Waals surface area contributed by atoms with Gasteiger partial charge in [0.15, 0.2) is 0 Å². The Kier molecular flexibility index (Phi) is 4.16. The average molecular weight is 273 g/mol. The highest BCUT2D eigenvalue weighted by atomic mass is 19.4. The maximum atomic E-state index is 12.9. The Labute approximate surface area is 111 Å². The highest BCUT2D eigenvalue weighted by Crippen LogP contribution is 2.32. The van der Waals surface area contributed by atoms with Crippen LogP contribution in [0.3, 0.4) is 0 Å². The number of nitrogens with zero attached hydrogens (tertiary/aromatic N) is 1. The van der Waals surface area contributed by atoms with Crippen molar-refractivity contribution in [2.45, 2.75) is 38.8 Å². The normalized spacial score (nSPS) is 25.5. The molecule has 1 fully saturated rings. The largest absolute Gasteiger partial charge is 0.416 e. The predicted octanol–water partition coefficient (Wildman–Crippen LogP) is 3.31. The van der Waals surface area contributed by atoms with E-state index in [4.69, 9.17) is 4.74 Å². The summed E-state index contributed by atoms with van der Waals surface area (Å²) in [5, 5.41) is 0. The Hall–Kier alpha value is -1.07. The van der Waals surface area contributed by atoms with E-state index in [1.807, 2.05) is 18.7 Å². The molecule has 2 atom stereocenters. The Morgan fingerprint density at radius 1 is 1.16 bits per heavy atom. The van der Waals surface area contributed by atoms with Crippen molar-refractivity contribution in [1.29, 1.82) is 0 Å². The molecular weight excluding hydrogens is 255 g/mol. The van der Waals surface area contributed by atoms with Crippen LogP contribution in [0.2, 0.25) is 0 Å². The van der Waals surface area contributed by atoms with Crippen molar-refractivity contribution < 1.29 is 17.9 Å². The second-order valence-corrected chi connectivity index (χ2v) is 5.11. The molecule has 0 spiro atoms. The molecule has 1 aromatic carbocycles. The van der Waals surface area contributed by atoms with Gasteiger partial charge in [-0.15, -0.1) is 0 Å². The highest BCUT2D eigenvalue weighted by molar-refractivity contribution is 5.29. The lowest BCUT2D eigenvalue weighted by atomic mass is 10.1. The molecule has 0 saturated carbocycles. The van der Waals surface area contributed by atoms with Crippen molar-refractivity contribution in [2.75, 3.05) is 13.1 Å². The molecule has 0 N–H and O–H groups in total. The second kappa shape index (κ2) is 5.51. The van der Waals surface area contributed by atoms with Gasteiger partial charge in [-0.05, 0) is 25.5 Å². The first kappa shape index (κ1) is 14.3. The summed E-state index contributed by atoms with van der Waals surface area (Å²) in [6.07, 6.45) is -4.18. The molecule has 5 heteroatoms. The van der Waals surface area contributed by atoms with E-state index in [1.54, 1.807) is 12.1 Å². The van der Waals surface area contributed by atoms with Crippen LogP contribution in [0, 0.1) is 0 Å². The molecule has 0 amide bonds. The first-order valence-electron chi connectivity index (χ1n) is 6.39. The van der Waals surface area contributed by atoms with Gasteiger partial charge >= 0.3 is 6.18 Å². The van der Waals surface area contributed by atoms with Crippen LogP contribution in [0.5, 0.6) is 0 Å². The van der Waals surface area contributed by atoms with Gasteiger partial charge in [-0.25, -0.2) is 0 Å². The summed E-state index contributed by atoms with van der Waals surface area (Å²) < 4.78 is 44.3. The maximum Gasteiger partial charge on any atom is 0.416 e. The third-order valence-corrected chi connectivity index (χ3v) is 3.21. The number of alkyl halides is 3. The van der Waals surface area contributed by atoms with Gasteiger partial charge in [0.2, 0.25) is 0 Å². The molecule has 0 radical (unpaired) electrons. The number of ether oxygens (including phenoxy) is 1. The molecule has 1 aliphatic heterocycles. The third kappa shape index (κ3) is 3.70. The molecule has 106 valence electrons. The Morgan fingerprint density at radius 2 is 1.74 bits per heavy atom. The fourth-order valence-corrected chi connectivity index (χ4v) is 2.59. The molecule has 0 aliphatic carbocycles. The van der Waals surface area contributed by atoms with Gasteiger partial charge in [0.1, 0.15) is 0 Å². The van der Waals surface area contributed by atoms with Crippen LogP contribution in [-0.4, -0.2) is 30.2 Å². The molecule has 2 rings (SSSR count). The average Bonchev–Trinajstić information content (AvgIpc) is 2.26.